The normalized spacial score (nSPS) is 51.6. The molecule has 6 rings (SSSR count). The molecule has 1 spiro atoms. The minimum absolute atomic E-state index is 0.0285. The molecule has 6 heterocycles. The van der Waals surface area contributed by atoms with Crippen molar-refractivity contribution in [2.75, 3.05) is 26.2 Å². The third-order valence-corrected chi connectivity index (χ3v) is 6.58. The van der Waals surface area contributed by atoms with Crippen LogP contribution in [0.2, 0.25) is 0 Å². The number of nitrogens with one attached hydrogen (secondary N) is 1. The van der Waals surface area contributed by atoms with Gasteiger partial charge in [-0.1, -0.05) is 12.2 Å². The zero-order valence-electron chi connectivity index (χ0n) is 12.4. The quantitative estimate of drug-likeness (QED) is 0.559. The lowest BCUT2D eigenvalue weighted by atomic mass is 9.77. The first-order valence-corrected chi connectivity index (χ1v) is 8.31. The fraction of sp³-hybridized carbons (Fsp3) is 0.750. The van der Waals surface area contributed by atoms with Gasteiger partial charge in [-0.05, 0) is 5.92 Å². The molecule has 6 aliphatic rings. The third-order valence-electron chi connectivity index (χ3n) is 6.58. The Kier molecular flexibility index (Phi) is 2.45. The second-order valence-corrected chi connectivity index (χ2v) is 7.54. The van der Waals surface area contributed by atoms with Crippen LogP contribution in [-0.4, -0.2) is 60.7 Å². The van der Waals surface area contributed by atoms with Gasteiger partial charge in [-0.15, -0.1) is 0 Å². The minimum atomic E-state index is -1.16. The Bertz CT molecular complexity index is 583. The number of hydrogen-bond donors (Lipinski definition) is 1. The zero-order chi connectivity index (χ0) is 15.1. The van der Waals surface area contributed by atoms with Crippen LogP contribution in [-0.2, 0) is 14.3 Å². The van der Waals surface area contributed by atoms with Crippen LogP contribution in [0.3, 0.4) is 0 Å². The van der Waals surface area contributed by atoms with Gasteiger partial charge in [0.15, 0.2) is 0 Å². The molecule has 0 aliphatic carbocycles. The van der Waals surface area contributed by atoms with Crippen LogP contribution in [0.15, 0.2) is 12.2 Å². The molecule has 0 saturated carbocycles. The highest BCUT2D eigenvalue weighted by molar-refractivity contribution is 5.90. The molecule has 6 heteroatoms. The van der Waals surface area contributed by atoms with Gasteiger partial charge < -0.3 is 24.4 Å². The van der Waals surface area contributed by atoms with E-state index in [1.54, 1.807) is 11.0 Å². The SMILES string of the molecule is O=C([O-])[C@H]1[C@@H]2C=C[C@]3(CN([C@H]4C[NH+]5CCC4CC5)C(=O)[C@@H]13)O2. The van der Waals surface area contributed by atoms with E-state index in [0.717, 1.165) is 6.54 Å². The van der Waals surface area contributed by atoms with Gasteiger partial charge in [0.05, 0.1) is 44.2 Å². The molecule has 0 unspecified atom stereocenters. The Hall–Kier alpha value is -1.40. The number of piperidine rings is 3. The third kappa shape index (κ3) is 1.47. The number of carboxylic acids is 1. The summed E-state index contributed by atoms with van der Waals surface area (Å²) >= 11 is 0. The largest absolute Gasteiger partial charge is 0.550 e. The van der Waals surface area contributed by atoms with Gasteiger partial charge in [0.25, 0.3) is 0 Å². The van der Waals surface area contributed by atoms with Gasteiger partial charge in [-0.3, -0.25) is 4.79 Å². The Labute approximate surface area is 128 Å². The highest BCUT2D eigenvalue weighted by Crippen LogP contribution is 2.52. The number of carbonyl (C=O) groups excluding carboxylic acids is 2. The number of hydrogen-bond acceptors (Lipinski definition) is 4. The maximum Gasteiger partial charge on any atom is 0.230 e. The lowest BCUT2D eigenvalue weighted by Gasteiger charge is -2.45. The van der Waals surface area contributed by atoms with Gasteiger partial charge in [-0.25, -0.2) is 0 Å². The summed E-state index contributed by atoms with van der Waals surface area (Å²) in [6, 6.07) is 0.253. The molecule has 5 saturated heterocycles. The molecule has 5 fully saturated rings. The number of likely N-dealkylation sites (tertiary alicyclic amines) is 1. The van der Waals surface area contributed by atoms with Crippen LogP contribution in [0.4, 0.5) is 0 Å². The summed E-state index contributed by atoms with van der Waals surface area (Å²) in [5.41, 5.74) is -0.714. The number of ether oxygens (including phenoxy) is 1. The highest BCUT2D eigenvalue weighted by Gasteiger charge is 2.66. The van der Waals surface area contributed by atoms with E-state index >= 15 is 0 Å². The monoisotopic (exact) mass is 304 g/mol. The molecule has 118 valence electrons. The van der Waals surface area contributed by atoms with Crippen LogP contribution >= 0.6 is 0 Å². The smallest absolute Gasteiger partial charge is 0.230 e. The van der Waals surface area contributed by atoms with Crippen LogP contribution in [0.25, 0.3) is 0 Å². The fourth-order valence-corrected chi connectivity index (χ4v) is 5.54. The van der Waals surface area contributed by atoms with E-state index in [4.69, 9.17) is 4.74 Å². The number of aliphatic carboxylic acids is 1. The molecule has 0 aromatic rings. The minimum Gasteiger partial charge on any atom is -0.550 e. The molecular formula is C16H20N2O4. The Morgan fingerprint density at radius 1 is 1.41 bits per heavy atom. The molecule has 6 nitrogen and oxygen atoms in total. The molecule has 4 bridgehead atoms. The zero-order valence-corrected chi connectivity index (χ0v) is 12.4. The van der Waals surface area contributed by atoms with Crippen molar-refractivity contribution in [2.45, 2.75) is 30.6 Å². The number of amides is 1. The van der Waals surface area contributed by atoms with Gasteiger partial charge in [-0.2, -0.15) is 0 Å². The van der Waals surface area contributed by atoms with Crippen LogP contribution in [0.5, 0.6) is 0 Å². The van der Waals surface area contributed by atoms with Crippen molar-refractivity contribution in [1.29, 1.82) is 0 Å². The average Bonchev–Trinajstić information content (AvgIpc) is 3.16. The highest BCUT2D eigenvalue weighted by atomic mass is 16.5. The second kappa shape index (κ2) is 4.11. The van der Waals surface area contributed by atoms with E-state index in [1.165, 1.54) is 25.9 Å². The first-order valence-electron chi connectivity index (χ1n) is 8.31. The van der Waals surface area contributed by atoms with E-state index in [2.05, 4.69) is 0 Å². The van der Waals surface area contributed by atoms with E-state index in [9.17, 15) is 14.7 Å². The number of fused-ring (bicyclic) bond motifs is 4. The first-order chi connectivity index (χ1) is 10.6. The summed E-state index contributed by atoms with van der Waals surface area (Å²) in [4.78, 5) is 28.0. The molecule has 0 aromatic heterocycles. The van der Waals surface area contributed by atoms with E-state index in [1.807, 2.05) is 11.0 Å². The summed E-state index contributed by atoms with van der Waals surface area (Å²) in [6.07, 6.45) is 5.58. The van der Waals surface area contributed by atoms with Crippen molar-refractivity contribution in [1.82, 2.24) is 4.90 Å². The van der Waals surface area contributed by atoms with E-state index < -0.39 is 29.5 Å². The van der Waals surface area contributed by atoms with Crippen LogP contribution < -0.4 is 10.0 Å². The van der Waals surface area contributed by atoms with Crippen LogP contribution in [0.1, 0.15) is 12.8 Å². The lowest BCUT2D eigenvalue weighted by Crippen LogP contribution is -3.16. The van der Waals surface area contributed by atoms with Gasteiger partial charge in [0.2, 0.25) is 5.91 Å². The Morgan fingerprint density at radius 3 is 2.82 bits per heavy atom. The molecule has 5 atom stereocenters. The van der Waals surface area contributed by atoms with Gasteiger partial charge in [0.1, 0.15) is 5.60 Å². The fourth-order valence-electron chi connectivity index (χ4n) is 5.54. The van der Waals surface area contributed by atoms with Crippen molar-refractivity contribution < 1.29 is 24.3 Å². The second-order valence-electron chi connectivity index (χ2n) is 7.54. The molecular weight excluding hydrogens is 284 g/mol. The Morgan fingerprint density at radius 2 is 2.18 bits per heavy atom. The number of nitrogens with zero attached hydrogens (tertiary/aromatic N) is 1. The first kappa shape index (κ1) is 13.1. The van der Waals surface area contributed by atoms with E-state index in [0.29, 0.717) is 12.5 Å². The maximum absolute atomic E-state index is 13.0. The molecule has 0 aromatic carbocycles. The predicted octanol–water partition coefficient (Wildman–Crippen LogP) is -2.80. The summed E-state index contributed by atoms with van der Waals surface area (Å²) < 4.78 is 5.93. The standard InChI is InChI=1S/C16H20N2O4/c19-14-13-12(15(20)21)11-1-4-16(13,22-11)8-18(14)10-7-17-5-2-9(10)3-6-17/h1,4,9-13H,2-3,5-8H2,(H,20,21)/t10-,11-,12-,13+,16+/m0/s1. The summed E-state index contributed by atoms with van der Waals surface area (Å²) in [5, 5.41) is 11.5. The van der Waals surface area contributed by atoms with Gasteiger partial charge >= 0.3 is 0 Å². The summed E-state index contributed by atoms with van der Waals surface area (Å²) in [5.74, 6) is -2.02. The topological polar surface area (TPSA) is 74.1 Å². The summed E-state index contributed by atoms with van der Waals surface area (Å²) in [6.45, 7) is 3.93. The van der Waals surface area contributed by atoms with Crippen molar-refractivity contribution in [3.05, 3.63) is 12.2 Å². The van der Waals surface area contributed by atoms with Crippen molar-refractivity contribution in [2.24, 2.45) is 17.8 Å². The maximum atomic E-state index is 13.0. The van der Waals surface area contributed by atoms with Crippen molar-refractivity contribution in [3.8, 4) is 0 Å². The number of rotatable bonds is 2. The summed E-state index contributed by atoms with van der Waals surface area (Å²) in [7, 11) is 0. The molecule has 22 heavy (non-hydrogen) atoms. The van der Waals surface area contributed by atoms with Crippen molar-refractivity contribution >= 4 is 11.9 Å². The Balaban J connectivity index is 1.48. The molecule has 0 radical (unpaired) electrons. The van der Waals surface area contributed by atoms with Gasteiger partial charge in [0, 0.05) is 24.7 Å². The lowest BCUT2D eigenvalue weighted by molar-refractivity contribution is -0.918. The predicted molar refractivity (Wildman–Crippen MR) is 72.5 cm³/mol. The molecule has 1 N–H and O–H groups in total. The van der Waals surface area contributed by atoms with E-state index in [-0.39, 0.29) is 11.9 Å². The van der Waals surface area contributed by atoms with Crippen molar-refractivity contribution in [3.63, 3.8) is 0 Å². The number of carboxylic acid groups (broad SMARTS) is 1. The average molecular weight is 304 g/mol. The number of quaternary nitrogens is 1. The molecule has 1 amide bonds. The van der Waals surface area contributed by atoms with Crippen LogP contribution in [0, 0.1) is 17.8 Å². The molecule has 6 aliphatic heterocycles. The number of carbonyl (C=O) groups is 2.